The van der Waals surface area contributed by atoms with Crippen LogP contribution in [0.15, 0.2) is 0 Å². The number of likely N-dealkylation sites (N-methyl/N-ethyl adjacent to an activating group) is 1. The Labute approximate surface area is 163 Å². The summed E-state index contributed by atoms with van der Waals surface area (Å²) in [5.74, 6) is 0.278. The summed E-state index contributed by atoms with van der Waals surface area (Å²) in [7, 11) is 1.74. The molecule has 1 saturated heterocycles. The SMILES string of the molecule is CN(CC(=O)N1CC[NH+](CC(=O)NC(C)(C)C)CC1)C(=O)C1CCCCC1. The molecule has 0 aromatic carbocycles. The van der Waals surface area contributed by atoms with Crippen LogP contribution in [0.2, 0.25) is 0 Å². The van der Waals surface area contributed by atoms with Gasteiger partial charge in [0.25, 0.3) is 5.91 Å². The van der Waals surface area contributed by atoms with Gasteiger partial charge in [0.05, 0.1) is 32.7 Å². The van der Waals surface area contributed by atoms with Crippen molar-refractivity contribution in [3.8, 4) is 0 Å². The van der Waals surface area contributed by atoms with E-state index < -0.39 is 0 Å². The second-order valence-electron chi connectivity index (χ2n) is 9.13. The Morgan fingerprint density at radius 1 is 1.07 bits per heavy atom. The third-order valence-electron chi connectivity index (χ3n) is 5.45. The predicted molar refractivity (Wildman–Crippen MR) is 104 cm³/mol. The quantitative estimate of drug-likeness (QED) is 0.685. The van der Waals surface area contributed by atoms with Crippen molar-refractivity contribution in [2.24, 2.45) is 5.92 Å². The van der Waals surface area contributed by atoms with E-state index in [4.69, 9.17) is 0 Å². The molecule has 7 nitrogen and oxygen atoms in total. The third-order valence-corrected chi connectivity index (χ3v) is 5.45. The van der Waals surface area contributed by atoms with Crippen molar-refractivity contribution in [2.45, 2.75) is 58.4 Å². The molecule has 27 heavy (non-hydrogen) atoms. The number of carbonyl (C=O) groups excluding carboxylic acids is 3. The van der Waals surface area contributed by atoms with Gasteiger partial charge in [0, 0.05) is 18.5 Å². The zero-order chi connectivity index (χ0) is 20.0. The van der Waals surface area contributed by atoms with Gasteiger partial charge in [-0.1, -0.05) is 19.3 Å². The van der Waals surface area contributed by atoms with Gasteiger partial charge in [0.2, 0.25) is 11.8 Å². The summed E-state index contributed by atoms with van der Waals surface area (Å²) < 4.78 is 0. The number of nitrogens with zero attached hydrogens (tertiary/aromatic N) is 2. The molecule has 1 aliphatic carbocycles. The Kier molecular flexibility index (Phi) is 7.65. The largest absolute Gasteiger partial charge is 0.347 e. The Hall–Kier alpha value is -1.63. The van der Waals surface area contributed by atoms with Gasteiger partial charge in [0.1, 0.15) is 0 Å². The smallest absolute Gasteiger partial charge is 0.275 e. The standard InChI is InChI=1S/C20H36N4O3/c1-20(2,3)21-17(25)14-23-10-12-24(13-11-23)18(26)15-22(4)19(27)16-8-6-5-7-9-16/h16H,5-15H2,1-4H3,(H,21,25)/p+1. The Balaban J connectivity index is 1.72. The lowest BCUT2D eigenvalue weighted by atomic mass is 9.88. The molecule has 0 radical (unpaired) electrons. The predicted octanol–water partition coefficient (Wildman–Crippen LogP) is -0.333. The lowest BCUT2D eigenvalue weighted by Crippen LogP contribution is -3.16. The maximum atomic E-state index is 12.6. The molecule has 2 aliphatic rings. The van der Waals surface area contributed by atoms with E-state index in [0.717, 1.165) is 38.8 Å². The topological polar surface area (TPSA) is 74.2 Å². The molecular weight excluding hydrogens is 344 g/mol. The number of hydrogen-bond donors (Lipinski definition) is 2. The number of piperazine rings is 1. The van der Waals surface area contributed by atoms with E-state index in [9.17, 15) is 14.4 Å². The van der Waals surface area contributed by atoms with Crippen molar-refractivity contribution in [1.29, 1.82) is 0 Å². The van der Waals surface area contributed by atoms with E-state index >= 15 is 0 Å². The van der Waals surface area contributed by atoms with E-state index in [-0.39, 0.29) is 35.7 Å². The Bertz CT molecular complexity index is 530. The molecule has 2 rings (SSSR count). The normalized spacial score (nSPS) is 19.6. The van der Waals surface area contributed by atoms with E-state index in [1.807, 2.05) is 25.7 Å². The number of carbonyl (C=O) groups is 3. The minimum atomic E-state index is -0.218. The van der Waals surface area contributed by atoms with Gasteiger partial charge in [-0.05, 0) is 33.6 Å². The summed E-state index contributed by atoms with van der Waals surface area (Å²) in [5, 5.41) is 2.99. The number of amides is 3. The average molecular weight is 382 g/mol. The van der Waals surface area contributed by atoms with Gasteiger partial charge in [-0.2, -0.15) is 0 Å². The molecule has 154 valence electrons. The molecule has 2 N–H and O–H groups in total. The molecule has 0 aromatic rings. The zero-order valence-corrected chi connectivity index (χ0v) is 17.5. The van der Waals surface area contributed by atoms with Crippen LogP contribution in [-0.2, 0) is 14.4 Å². The lowest BCUT2D eigenvalue weighted by molar-refractivity contribution is -0.896. The highest BCUT2D eigenvalue weighted by molar-refractivity contribution is 5.85. The van der Waals surface area contributed by atoms with Gasteiger partial charge in [-0.3, -0.25) is 14.4 Å². The van der Waals surface area contributed by atoms with Crippen molar-refractivity contribution in [3.05, 3.63) is 0 Å². The highest BCUT2D eigenvalue weighted by Crippen LogP contribution is 2.25. The van der Waals surface area contributed by atoms with Crippen LogP contribution < -0.4 is 10.2 Å². The molecule has 7 heteroatoms. The molecule has 1 aliphatic heterocycles. The van der Waals surface area contributed by atoms with Gasteiger partial charge in [0.15, 0.2) is 6.54 Å². The maximum absolute atomic E-state index is 12.6. The van der Waals surface area contributed by atoms with Gasteiger partial charge < -0.3 is 20.0 Å². The molecule has 0 spiro atoms. The minimum absolute atomic E-state index is 0.0138. The van der Waals surface area contributed by atoms with Crippen LogP contribution in [0.25, 0.3) is 0 Å². The fraction of sp³-hybridized carbons (Fsp3) is 0.850. The second kappa shape index (κ2) is 9.53. The molecule has 2 fully saturated rings. The molecule has 1 heterocycles. The summed E-state index contributed by atoms with van der Waals surface area (Å²) in [5.41, 5.74) is -0.218. The fourth-order valence-corrected chi connectivity index (χ4v) is 3.98. The zero-order valence-electron chi connectivity index (χ0n) is 17.5. The molecule has 0 unspecified atom stereocenters. The van der Waals surface area contributed by atoms with Crippen LogP contribution in [0.3, 0.4) is 0 Å². The van der Waals surface area contributed by atoms with Crippen molar-refractivity contribution in [3.63, 3.8) is 0 Å². The monoisotopic (exact) mass is 381 g/mol. The van der Waals surface area contributed by atoms with Crippen molar-refractivity contribution in [1.82, 2.24) is 15.1 Å². The fourth-order valence-electron chi connectivity index (χ4n) is 3.98. The first-order valence-corrected chi connectivity index (χ1v) is 10.3. The Morgan fingerprint density at radius 2 is 1.67 bits per heavy atom. The van der Waals surface area contributed by atoms with Crippen LogP contribution in [0.1, 0.15) is 52.9 Å². The first-order valence-electron chi connectivity index (χ1n) is 10.3. The average Bonchev–Trinajstić information content (AvgIpc) is 2.60. The summed E-state index contributed by atoms with van der Waals surface area (Å²) in [6.45, 7) is 9.35. The van der Waals surface area contributed by atoms with Crippen molar-refractivity contribution >= 4 is 17.7 Å². The molecule has 0 aromatic heterocycles. The molecule has 1 saturated carbocycles. The van der Waals surface area contributed by atoms with Crippen LogP contribution >= 0.6 is 0 Å². The molecule has 0 atom stereocenters. The molecule has 0 bridgehead atoms. The minimum Gasteiger partial charge on any atom is -0.347 e. The number of hydrogen-bond acceptors (Lipinski definition) is 3. The number of quaternary nitrogens is 1. The van der Waals surface area contributed by atoms with E-state index in [0.29, 0.717) is 19.6 Å². The van der Waals surface area contributed by atoms with Crippen LogP contribution in [0.5, 0.6) is 0 Å². The second-order valence-corrected chi connectivity index (χ2v) is 9.13. The van der Waals surface area contributed by atoms with Crippen LogP contribution in [-0.4, -0.2) is 79.4 Å². The highest BCUT2D eigenvalue weighted by Gasteiger charge is 2.29. The summed E-state index contributed by atoms with van der Waals surface area (Å²) in [4.78, 5) is 41.8. The van der Waals surface area contributed by atoms with Gasteiger partial charge in [-0.25, -0.2) is 0 Å². The molecule has 3 amide bonds. The maximum Gasteiger partial charge on any atom is 0.275 e. The van der Waals surface area contributed by atoms with E-state index in [1.54, 1.807) is 11.9 Å². The summed E-state index contributed by atoms with van der Waals surface area (Å²) in [6, 6.07) is 0. The first kappa shape index (κ1) is 21.7. The van der Waals surface area contributed by atoms with Gasteiger partial charge >= 0.3 is 0 Å². The number of rotatable bonds is 5. The van der Waals surface area contributed by atoms with Crippen LogP contribution in [0, 0.1) is 5.92 Å². The van der Waals surface area contributed by atoms with Crippen molar-refractivity contribution in [2.75, 3.05) is 46.3 Å². The third kappa shape index (κ3) is 7.13. The molecular formula is C20H37N4O3+. The van der Waals surface area contributed by atoms with Gasteiger partial charge in [-0.15, -0.1) is 0 Å². The van der Waals surface area contributed by atoms with Crippen LogP contribution in [0.4, 0.5) is 0 Å². The number of nitrogens with one attached hydrogen (secondary N) is 2. The summed E-state index contributed by atoms with van der Waals surface area (Å²) >= 11 is 0. The highest BCUT2D eigenvalue weighted by atomic mass is 16.2. The Morgan fingerprint density at radius 3 is 2.22 bits per heavy atom. The first-order chi connectivity index (χ1) is 12.7. The van der Waals surface area contributed by atoms with Crippen molar-refractivity contribution < 1.29 is 19.3 Å². The van der Waals surface area contributed by atoms with E-state index in [1.165, 1.54) is 11.3 Å². The van der Waals surface area contributed by atoms with E-state index in [2.05, 4.69) is 5.32 Å². The summed E-state index contributed by atoms with van der Waals surface area (Å²) in [6.07, 6.45) is 5.36. The lowest BCUT2D eigenvalue weighted by Gasteiger charge is -2.34.